The number of amides is 2. The van der Waals surface area contributed by atoms with E-state index in [0.29, 0.717) is 12.2 Å². The number of rotatable bonds is 9. The van der Waals surface area contributed by atoms with Crippen molar-refractivity contribution in [2.24, 2.45) is 0 Å². The van der Waals surface area contributed by atoms with Gasteiger partial charge in [0.2, 0.25) is 11.8 Å². The van der Waals surface area contributed by atoms with Gasteiger partial charge in [0.05, 0.1) is 31.6 Å². The first-order valence-electron chi connectivity index (χ1n) is 10.1. The first kappa shape index (κ1) is 21.7. The molecule has 0 radical (unpaired) electrons. The number of hydrogen-bond acceptors (Lipinski definition) is 5. The Morgan fingerprint density at radius 1 is 1.03 bits per heavy atom. The summed E-state index contributed by atoms with van der Waals surface area (Å²) in [5.41, 5.74) is 1.83. The minimum atomic E-state index is -0.607. The Hall–Kier alpha value is -3.03. The van der Waals surface area contributed by atoms with Crippen molar-refractivity contribution in [3.63, 3.8) is 0 Å². The third-order valence-corrected chi connectivity index (χ3v) is 4.82. The number of aliphatic hydroxyl groups excluding tert-OH is 1. The SMILES string of the molecule is O=C(C[C@H]1C=C[C@H](NC(=O)Cc2ccccn2)[C@H](CO)O1)NCCc1ccccc1. The molecule has 158 valence electrons. The van der Waals surface area contributed by atoms with E-state index < -0.39 is 18.2 Å². The number of nitrogens with zero attached hydrogens (tertiary/aromatic N) is 1. The predicted molar refractivity (Wildman–Crippen MR) is 113 cm³/mol. The number of carbonyl (C=O) groups is 2. The Morgan fingerprint density at radius 3 is 2.57 bits per heavy atom. The molecule has 0 bridgehead atoms. The van der Waals surface area contributed by atoms with Crippen LogP contribution in [0.3, 0.4) is 0 Å². The van der Waals surface area contributed by atoms with E-state index in [1.165, 1.54) is 0 Å². The highest BCUT2D eigenvalue weighted by atomic mass is 16.5. The summed E-state index contributed by atoms with van der Waals surface area (Å²) in [6.07, 6.45) is 5.20. The van der Waals surface area contributed by atoms with Gasteiger partial charge in [-0.2, -0.15) is 0 Å². The zero-order chi connectivity index (χ0) is 21.2. The molecule has 0 saturated carbocycles. The molecule has 1 aromatic heterocycles. The van der Waals surface area contributed by atoms with E-state index in [9.17, 15) is 14.7 Å². The molecule has 1 aromatic carbocycles. The Bertz CT molecular complexity index is 842. The molecule has 0 fully saturated rings. The number of ether oxygens (including phenoxy) is 1. The van der Waals surface area contributed by atoms with Crippen molar-refractivity contribution >= 4 is 11.8 Å². The molecule has 1 aliphatic heterocycles. The third kappa shape index (κ3) is 6.79. The Labute approximate surface area is 176 Å². The second kappa shape index (κ2) is 11.2. The van der Waals surface area contributed by atoms with Crippen LogP contribution in [0.5, 0.6) is 0 Å². The lowest BCUT2D eigenvalue weighted by molar-refractivity contribution is -0.128. The molecule has 2 aromatic rings. The molecular weight excluding hydrogens is 382 g/mol. The minimum absolute atomic E-state index is 0.116. The van der Waals surface area contributed by atoms with Crippen LogP contribution >= 0.6 is 0 Å². The summed E-state index contributed by atoms with van der Waals surface area (Å²) in [6.45, 7) is 0.292. The highest BCUT2D eigenvalue weighted by molar-refractivity contribution is 5.79. The highest BCUT2D eigenvalue weighted by Crippen LogP contribution is 2.16. The van der Waals surface area contributed by atoms with Crippen molar-refractivity contribution in [3.05, 3.63) is 78.1 Å². The molecule has 3 rings (SSSR count). The lowest BCUT2D eigenvalue weighted by atomic mass is 10.0. The van der Waals surface area contributed by atoms with Gasteiger partial charge in [-0.15, -0.1) is 0 Å². The maximum atomic E-state index is 12.3. The number of aromatic nitrogens is 1. The third-order valence-electron chi connectivity index (χ3n) is 4.82. The fourth-order valence-electron chi connectivity index (χ4n) is 3.29. The van der Waals surface area contributed by atoms with Crippen LogP contribution in [-0.4, -0.2) is 53.3 Å². The normalized spacial score (nSPS) is 20.5. The average molecular weight is 409 g/mol. The molecule has 0 saturated heterocycles. The fourth-order valence-corrected chi connectivity index (χ4v) is 3.29. The van der Waals surface area contributed by atoms with Gasteiger partial charge in [0.25, 0.3) is 0 Å². The molecule has 0 spiro atoms. The van der Waals surface area contributed by atoms with E-state index >= 15 is 0 Å². The van der Waals surface area contributed by atoms with Gasteiger partial charge in [0.1, 0.15) is 6.10 Å². The van der Waals surface area contributed by atoms with Crippen molar-refractivity contribution < 1.29 is 19.4 Å². The lowest BCUT2D eigenvalue weighted by Crippen LogP contribution is -2.49. The molecule has 3 N–H and O–H groups in total. The van der Waals surface area contributed by atoms with Gasteiger partial charge < -0.3 is 20.5 Å². The summed E-state index contributed by atoms with van der Waals surface area (Å²) >= 11 is 0. The van der Waals surface area contributed by atoms with Crippen molar-refractivity contribution in [1.82, 2.24) is 15.6 Å². The summed E-state index contributed by atoms with van der Waals surface area (Å²) in [6, 6.07) is 14.9. The zero-order valence-corrected chi connectivity index (χ0v) is 16.7. The van der Waals surface area contributed by atoms with Crippen LogP contribution in [-0.2, 0) is 27.2 Å². The second-order valence-corrected chi connectivity index (χ2v) is 7.16. The lowest BCUT2D eigenvalue weighted by Gasteiger charge is -2.31. The maximum absolute atomic E-state index is 12.3. The van der Waals surface area contributed by atoms with Crippen molar-refractivity contribution in [2.45, 2.75) is 37.5 Å². The van der Waals surface area contributed by atoms with Gasteiger partial charge >= 0.3 is 0 Å². The maximum Gasteiger partial charge on any atom is 0.226 e. The van der Waals surface area contributed by atoms with Gasteiger partial charge in [-0.3, -0.25) is 14.6 Å². The highest BCUT2D eigenvalue weighted by Gasteiger charge is 2.29. The van der Waals surface area contributed by atoms with E-state index in [1.807, 2.05) is 36.4 Å². The molecular formula is C23H27N3O4. The first-order valence-corrected chi connectivity index (χ1v) is 10.1. The fraction of sp³-hybridized carbons (Fsp3) is 0.348. The van der Waals surface area contributed by atoms with E-state index in [1.54, 1.807) is 30.5 Å². The quantitative estimate of drug-likeness (QED) is 0.540. The Balaban J connectivity index is 1.44. The largest absolute Gasteiger partial charge is 0.394 e. The summed E-state index contributed by atoms with van der Waals surface area (Å²) < 4.78 is 5.81. The van der Waals surface area contributed by atoms with Crippen molar-refractivity contribution in [3.8, 4) is 0 Å². The topological polar surface area (TPSA) is 101 Å². The smallest absolute Gasteiger partial charge is 0.226 e. The second-order valence-electron chi connectivity index (χ2n) is 7.16. The van der Waals surface area contributed by atoms with Crippen LogP contribution in [0.4, 0.5) is 0 Å². The van der Waals surface area contributed by atoms with Gasteiger partial charge in [0, 0.05) is 18.4 Å². The summed E-state index contributed by atoms with van der Waals surface area (Å²) in [4.78, 5) is 28.6. The molecule has 7 heteroatoms. The molecule has 0 aliphatic carbocycles. The van der Waals surface area contributed by atoms with Gasteiger partial charge in [0.15, 0.2) is 0 Å². The van der Waals surface area contributed by atoms with E-state index in [0.717, 1.165) is 12.0 Å². The summed E-state index contributed by atoms with van der Waals surface area (Å²) in [5, 5.41) is 15.4. The Morgan fingerprint density at radius 2 is 1.83 bits per heavy atom. The van der Waals surface area contributed by atoms with Gasteiger partial charge in [-0.25, -0.2) is 0 Å². The van der Waals surface area contributed by atoms with Crippen LogP contribution < -0.4 is 10.6 Å². The Kier molecular flexibility index (Phi) is 8.11. The van der Waals surface area contributed by atoms with E-state index in [2.05, 4.69) is 15.6 Å². The molecule has 0 unspecified atom stereocenters. The first-order chi connectivity index (χ1) is 14.6. The minimum Gasteiger partial charge on any atom is -0.394 e. The number of pyridine rings is 1. The molecule has 1 aliphatic rings. The molecule has 30 heavy (non-hydrogen) atoms. The molecule has 2 heterocycles. The van der Waals surface area contributed by atoms with Crippen LogP contribution in [0, 0.1) is 0 Å². The van der Waals surface area contributed by atoms with Crippen molar-refractivity contribution in [1.29, 1.82) is 0 Å². The molecule has 7 nitrogen and oxygen atoms in total. The van der Waals surface area contributed by atoms with E-state index in [-0.39, 0.29) is 31.3 Å². The number of nitrogens with one attached hydrogen (secondary N) is 2. The summed E-state index contributed by atoms with van der Waals surface area (Å²) in [7, 11) is 0. The number of carbonyl (C=O) groups excluding carboxylic acids is 2. The number of benzene rings is 1. The van der Waals surface area contributed by atoms with Crippen LogP contribution in [0.2, 0.25) is 0 Å². The predicted octanol–water partition coefficient (Wildman–Crippen LogP) is 1.17. The van der Waals surface area contributed by atoms with Crippen LogP contribution in [0.1, 0.15) is 17.7 Å². The van der Waals surface area contributed by atoms with Crippen molar-refractivity contribution in [2.75, 3.05) is 13.2 Å². The number of hydrogen-bond donors (Lipinski definition) is 3. The van der Waals surface area contributed by atoms with Gasteiger partial charge in [-0.1, -0.05) is 48.6 Å². The van der Waals surface area contributed by atoms with Crippen LogP contribution in [0.15, 0.2) is 66.9 Å². The zero-order valence-electron chi connectivity index (χ0n) is 16.7. The standard InChI is InChI=1S/C23H27N3O4/c27-16-21-20(26-23(29)14-18-8-4-5-12-24-18)10-9-19(30-21)15-22(28)25-13-11-17-6-2-1-3-7-17/h1-10,12,19-21,27H,11,13-16H2,(H,25,28)(H,26,29)/t19-,20+,21+/m1/s1. The molecule has 3 atom stereocenters. The monoisotopic (exact) mass is 409 g/mol. The molecule has 2 amide bonds. The van der Waals surface area contributed by atoms with Crippen LogP contribution in [0.25, 0.3) is 0 Å². The number of aliphatic hydroxyl groups is 1. The summed E-state index contributed by atoms with van der Waals surface area (Å²) in [5.74, 6) is -0.322. The van der Waals surface area contributed by atoms with Gasteiger partial charge in [-0.05, 0) is 24.1 Å². The average Bonchev–Trinajstić information content (AvgIpc) is 2.76. The van der Waals surface area contributed by atoms with E-state index in [4.69, 9.17) is 4.74 Å².